The number of anilines is 1. The van der Waals surface area contributed by atoms with Gasteiger partial charge >= 0.3 is 5.97 Å². The van der Waals surface area contributed by atoms with Gasteiger partial charge in [0.25, 0.3) is 15.7 Å². The molecule has 0 heterocycles. The number of sulfonamides is 1. The van der Waals surface area contributed by atoms with Gasteiger partial charge in [0.05, 0.1) is 22.6 Å². The Kier molecular flexibility index (Phi) is 5.83. The molecule has 0 N–H and O–H groups in total. The van der Waals surface area contributed by atoms with Crippen LogP contribution in [0.2, 0.25) is 5.02 Å². The molecule has 2 aromatic rings. The van der Waals surface area contributed by atoms with Crippen LogP contribution in [0.25, 0.3) is 0 Å². The highest BCUT2D eigenvalue weighted by atomic mass is 35.5. The van der Waals surface area contributed by atoms with Crippen LogP contribution < -0.4 is 4.31 Å². The van der Waals surface area contributed by atoms with E-state index in [4.69, 9.17) is 11.6 Å². The van der Waals surface area contributed by atoms with E-state index < -0.39 is 27.5 Å². The summed E-state index contributed by atoms with van der Waals surface area (Å²) in [6.45, 7) is 1.18. The Morgan fingerprint density at radius 3 is 2.35 bits per heavy atom. The van der Waals surface area contributed by atoms with E-state index in [-0.39, 0.29) is 16.3 Å². The van der Waals surface area contributed by atoms with Crippen molar-refractivity contribution >= 4 is 39.0 Å². The van der Waals surface area contributed by atoms with Gasteiger partial charge in [0.1, 0.15) is 6.54 Å². The molecule has 2 rings (SSSR count). The average Bonchev–Trinajstić information content (AvgIpc) is 2.61. The quantitative estimate of drug-likeness (QED) is 0.420. The van der Waals surface area contributed by atoms with Crippen molar-refractivity contribution in [2.45, 2.75) is 11.8 Å². The summed E-state index contributed by atoms with van der Waals surface area (Å²) in [7, 11) is -3.04. The number of hydrogen-bond acceptors (Lipinski definition) is 6. The molecule has 0 aliphatic rings. The van der Waals surface area contributed by atoms with Crippen LogP contribution >= 0.6 is 11.6 Å². The Morgan fingerprint density at radius 2 is 1.85 bits per heavy atom. The standard InChI is InChI=1S/C16H15ClN2O6S/c1-11-3-4-13(9-15(11)17)18(10-16(20)25-2)26(23,24)14-7-5-12(6-8-14)19(21)22/h3-9H,10H2,1-2H3. The minimum Gasteiger partial charge on any atom is -0.468 e. The van der Waals surface area contributed by atoms with Gasteiger partial charge in [0, 0.05) is 17.2 Å². The Morgan fingerprint density at radius 1 is 1.23 bits per heavy atom. The van der Waals surface area contributed by atoms with Crippen molar-refractivity contribution in [3.63, 3.8) is 0 Å². The SMILES string of the molecule is COC(=O)CN(c1ccc(C)c(Cl)c1)S(=O)(=O)c1ccc([N+](=O)[O-])cc1. The maximum absolute atomic E-state index is 13.0. The molecule has 0 bridgehead atoms. The van der Waals surface area contributed by atoms with Crippen LogP contribution in [-0.4, -0.2) is 33.0 Å². The Hall–Kier alpha value is -2.65. The number of benzene rings is 2. The monoisotopic (exact) mass is 398 g/mol. The van der Waals surface area contributed by atoms with Crippen molar-refractivity contribution in [1.29, 1.82) is 0 Å². The third-order valence-corrected chi connectivity index (χ3v) is 5.77. The second-order valence-corrected chi connectivity index (χ2v) is 7.54. The number of ether oxygens (including phenoxy) is 1. The van der Waals surface area contributed by atoms with E-state index in [0.717, 1.165) is 41.2 Å². The zero-order valence-electron chi connectivity index (χ0n) is 13.9. The summed E-state index contributed by atoms with van der Waals surface area (Å²) < 4.78 is 31.3. The molecule has 26 heavy (non-hydrogen) atoms. The molecule has 0 saturated heterocycles. The zero-order valence-corrected chi connectivity index (χ0v) is 15.5. The van der Waals surface area contributed by atoms with Gasteiger partial charge in [-0.15, -0.1) is 0 Å². The molecule has 0 unspecified atom stereocenters. The summed E-state index contributed by atoms with van der Waals surface area (Å²) in [6.07, 6.45) is 0. The van der Waals surface area contributed by atoms with Crippen molar-refractivity contribution in [3.8, 4) is 0 Å². The van der Waals surface area contributed by atoms with E-state index in [1.54, 1.807) is 13.0 Å². The van der Waals surface area contributed by atoms with Crippen molar-refractivity contribution in [2.24, 2.45) is 0 Å². The highest BCUT2D eigenvalue weighted by Crippen LogP contribution is 2.28. The lowest BCUT2D eigenvalue weighted by molar-refractivity contribution is -0.384. The molecular formula is C16H15ClN2O6S. The fourth-order valence-electron chi connectivity index (χ4n) is 2.10. The molecular weight excluding hydrogens is 384 g/mol. The first kappa shape index (κ1) is 19.7. The number of halogens is 1. The molecule has 0 aliphatic carbocycles. The summed E-state index contributed by atoms with van der Waals surface area (Å²) in [5, 5.41) is 11.1. The number of nitro groups is 1. The average molecular weight is 399 g/mol. The van der Waals surface area contributed by atoms with Gasteiger partial charge in [-0.05, 0) is 36.8 Å². The molecule has 0 amide bonds. The van der Waals surface area contributed by atoms with Crippen LogP contribution in [0.3, 0.4) is 0 Å². The Labute approximate surface area is 155 Å². The number of nitrogens with zero attached hydrogens (tertiary/aromatic N) is 2. The predicted molar refractivity (Wildman–Crippen MR) is 95.8 cm³/mol. The molecule has 2 aromatic carbocycles. The fraction of sp³-hybridized carbons (Fsp3) is 0.188. The van der Waals surface area contributed by atoms with E-state index >= 15 is 0 Å². The van der Waals surface area contributed by atoms with Crippen molar-refractivity contribution < 1.29 is 22.9 Å². The number of non-ortho nitro benzene ring substituents is 1. The number of hydrogen-bond donors (Lipinski definition) is 0. The first-order valence-corrected chi connectivity index (χ1v) is 9.09. The summed E-state index contributed by atoms with van der Waals surface area (Å²) >= 11 is 6.07. The topological polar surface area (TPSA) is 107 Å². The van der Waals surface area contributed by atoms with Crippen LogP contribution in [0, 0.1) is 17.0 Å². The predicted octanol–water partition coefficient (Wildman–Crippen LogP) is 2.92. The number of methoxy groups -OCH3 is 1. The summed E-state index contributed by atoms with van der Waals surface area (Å²) in [4.78, 5) is 21.6. The van der Waals surface area contributed by atoms with E-state index in [0.29, 0.717) is 5.02 Å². The molecule has 0 radical (unpaired) electrons. The molecule has 0 atom stereocenters. The number of carbonyl (C=O) groups is 1. The minimum absolute atomic E-state index is 0.171. The van der Waals surface area contributed by atoms with Gasteiger partial charge in [-0.3, -0.25) is 19.2 Å². The molecule has 0 fully saturated rings. The highest BCUT2D eigenvalue weighted by molar-refractivity contribution is 7.92. The molecule has 138 valence electrons. The van der Waals surface area contributed by atoms with Gasteiger partial charge in [0.15, 0.2) is 0 Å². The van der Waals surface area contributed by atoms with Crippen LogP contribution in [0.4, 0.5) is 11.4 Å². The number of carbonyl (C=O) groups excluding carboxylic acids is 1. The molecule has 8 nitrogen and oxygen atoms in total. The van der Waals surface area contributed by atoms with Gasteiger partial charge in [-0.2, -0.15) is 0 Å². The summed E-state index contributed by atoms with van der Waals surface area (Å²) in [6, 6.07) is 8.90. The minimum atomic E-state index is -4.18. The van der Waals surface area contributed by atoms with E-state index in [1.807, 2.05) is 0 Å². The lowest BCUT2D eigenvalue weighted by Gasteiger charge is -2.23. The van der Waals surface area contributed by atoms with Crippen molar-refractivity contribution in [2.75, 3.05) is 18.0 Å². The van der Waals surface area contributed by atoms with E-state index in [9.17, 15) is 23.3 Å². The maximum atomic E-state index is 13.0. The Balaban J connectivity index is 2.53. The normalized spacial score (nSPS) is 11.0. The third kappa shape index (κ3) is 4.12. The second-order valence-electron chi connectivity index (χ2n) is 5.27. The number of aryl methyl sites for hydroxylation is 1. The molecule has 0 spiro atoms. The van der Waals surface area contributed by atoms with Gasteiger partial charge < -0.3 is 4.74 Å². The number of rotatable bonds is 6. The Bertz CT molecular complexity index is 944. The molecule has 10 heteroatoms. The number of nitro benzene ring substituents is 1. The third-order valence-electron chi connectivity index (χ3n) is 3.58. The zero-order chi connectivity index (χ0) is 19.5. The smallest absolute Gasteiger partial charge is 0.326 e. The first-order valence-electron chi connectivity index (χ1n) is 7.27. The van der Waals surface area contributed by atoms with Crippen molar-refractivity contribution in [1.82, 2.24) is 0 Å². The largest absolute Gasteiger partial charge is 0.468 e. The fourth-order valence-corrected chi connectivity index (χ4v) is 3.68. The van der Waals surface area contributed by atoms with Crippen LogP contribution in [0.15, 0.2) is 47.4 Å². The summed E-state index contributed by atoms with van der Waals surface area (Å²) in [5.41, 5.74) is 0.660. The summed E-state index contributed by atoms with van der Waals surface area (Å²) in [5.74, 6) is -0.771. The van der Waals surface area contributed by atoms with E-state index in [2.05, 4.69) is 4.74 Å². The molecule has 0 saturated carbocycles. The highest BCUT2D eigenvalue weighted by Gasteiger charge is 2.28. The molecule has 0 aromatic heterocycles. The molecule has 0 aliphatic heterocycles. The lowest BCUT2D eigenvalue weighted by atomic mass is 10.2. The maximum Gasteiger partial charge on any atom is 0.326 e. The van der Waals surface area contributed by atoms with Gasteiger partial charge in [-0.1, -0.05) is 17.7 Å². The van der Waals surface area contributed by atoms with Crippen LogP contribution in [0.1, 0.15) is 5.56 Å². The van der Waals surface area contributed by atoms with Crippen molar-refractivity contribution in [3.05, 3.63) is 63.2 Å². The lowest BCUT2D eigenvalue weighted by Crippen LogP contribution is -2.36. The van der Waals surface area contributed by atoms with E-state index in [1.165, 1.54) is 12.1 Å². The van der Waals surface area contributed by atoms with Crippen LogP contribution in [0.5, 0.6) is 0 Å². The van der Waals surface area contributed by atoms with Crippen LogP contribution in [-0.2, 0) is 19.6 Å². The van der Waals surface area contributed by atoms with Gasteiger partial charge in [0.2, 0.25) is 0 Å². The van der Waals surface area contributed by atoms with Gasteiger partial charge in [-0.25, -0.2) is 8.42 Å². The number of esters is 1. The first-order chi connectivity index (χ1) is 12.2. The second kappa shape index (κ2) is 7.71.